The van der Waals surface area contributed by atoms with Gasteiger partial charge in [-0.3, -0.25) is 5.41 Å². The lowest BCUT2D eigenvalue weighted by molar-refractivity contribution is 0.372. The van der Waals surface area contributed by atoms with Crippen LogP contribution in [0.2, 0.25) is 0 Å². The summed E-state index contributed by atoms with van der Waals surface area (Å²) < 4.78 is 0. The van der Waals surface area contributed by atoms with Gasteiger partial charge in [-0.2, -0.15) is 0 Å². The SMILES string of the molecule is N=C(N)N[C@H]1CC[C@H](N)CC1. The van der Waals surface area contributed by atoms with Crippen molar-refractivity contribution >= 4 is 5.96 Å². The Morgan fingerprint density at radius 2 is 1.82 bits per heavy atom. The predicted octanol–water partition coefficient (Wildman–Crippen LogP) is -0.261. The summed E-state index contributed by atoms with van der Waals surface area (Å²) in [5, 5.41) is 9.92. The zero-order chi connectivity index (χ0) is 8.27. The normalized spacial score (nSPS) is 31.4. The van der Waals surface area contributed by atoms with E-state index in [4.69, 9.17) is 16.9 Å². The molecule has 0 heterocycles. The summed E-state index contributed by atoms with van der Waals surface area (Å²) in [6.45, 7) is 0. The summed E-state index contributed by atoms with van der Waals surface area (Å²) in [6.07, 6.45) is 4.18. The largest absolute Gasteiger partial charge is 0.370 e. The first-order valence-corrected chi connectivity index (χ1v) is 4.04. The van der Waals surface area contributed by atoms with Gasteiger partial charge in [-0.05, 0) is 25.7 Å². The number of guanidine groups is 1. The predicted molar refractivity (Wildman–Crippen MR) is 45.3 cm³/mol. The number of nitrogens with one attached hydrogen (secondary N) is 2. The minimum absolute atomic E-state index is 0.0745. The fraction of sp³-hybridized carbons (Fsp3) is 0.857. The smallest absolute Gasteiger partial charge is 0.185 e. The van der Waals surface area contributed by atoms with Crippen molar-refractivity contribution in [1.82, 2.24) is 5.32 Å². The Bertz CT molecular complexity index is 137. The van der Waals surface area contributed by atoms with Gasteiger partial charge in [0, 0.05) is 12.1 Å². The Labute approximate surface area is 66.8 Å². The van der Waals surface area contributed by atoms with Crippen LogP contribution in [0.15, 0.2) is 0 Å². The van der Waals surface area contributed by atoms with Gasteiger partial charge in [0.15, 0.2) is 5.96 Å². The van der Waals surface area contributed by atoms with E-state index >= 15 is 0 Å². The molecule has 1 fully saturated rings. The molecule has 0 atom stereocenters. The molecule has 4 nitrogen and oxygen atoms in total. The Morgan fingerprint density at radius 3 is 2.27 bits per heavy atom. The van der Waals surface area contributed by atoms with E-state index in [-0.39, 0.29) is 5.96 Å². The van der Waals surface area contributed by atoms with Crippen molar-refractivity contribution in [3.63, 3.8) is 0 Å². The number of hydrogen-bond acceptors (Lipinski definition) is 2. The van der Waals surface area contributed by atoms with Crippen LogP contribution in [-0.2, 0) is 0 Å². The maximum Gasteiger partial charge on any atom is 0.185 e. The first-order valence-electron chi connectivity index (χ1n) is 4.04. The highest BCUT2D eigenvalue weighted by atomic mass is 15.1. The molecule has 0 amide bonds. The standard InChI is InChI=1S/C7H16N4/c8-5-1-3-6(4-2-5)11-7(9)10/h5-6H,1-4,8H2,(H4,9,10,11)/t5-,6-. The lowest BCUT2D eigenvalue weighted by Crippen LogP contribution is -2.43. The molecule has 0 bridgehead atoms. The maximum absolute atomic E-state index is 7.02. The molecule has 1 aliphatic rings. The van der Waals surface area contributed by atoms with Crippen LogP contribution in [0, 0.1) is 5.41 Å². The van der Waals surface area contributed by atoms with Crippen LogP contribution >= 0.6 is 0 Å². The van der Waals surface area contributed by atoms with Crippen LogP contribution in [0.25, 0.3) is 0 Å². The monoisotopic (exact) mass is 156 g/mol. The van der Waals surface area contributed by atoms with E-state index in [0.29, 0.717) is 12.1 Å². The average molecular weight is 156 g/mol. The van der Waals surface area contributed by atoms with E-state index < -0.39 is 0 Å². The van der Waals surface area contributed by atoms with Crippen molar-refractivity contribution < 1.29 is 0 Å². The Hall–Kier alpha value is -0.770. The van der Waals surface area contributed by atoms with E-state index in [9.17, 15) is 0 Å². The Morgan fingerprint density at radius 1 is 1.27 bits per heavy atom. The number of rotatable bonds is 1. The lowest BCUT2D eigenvalue weighted by Gasteiger charge is -2.26. The first kappa shape index (κ1) is 8.33. The van der Waals surface area contributed by atoms with Crippen LogP contribution < -0.4 is 16.8 Å². The van der Waals surface area contributed by atoms with Gasteiger partial charge < -0.3 is 16.8 Å². The third-order valence-electron chi connectivity index (χ3n) is 2.13. The van der Waals surface area contributed by atoms with Gasteiger partial charge in [-0.15, -0.1) is 0 Å². The fourth-order valence-corrected chi connectivity index (χ4v) is 1.48. The van der Waals surface area contributed by atoms with Gasteiger partial charge in [-0.1, -0.05) is 0 Å². The lowest BCUT2D eigenvalue weighted by atomic mass is 9.92. The third kappa shape index (κ3) is 2.76. The molecular formula is C7H16N4. The second-order valence-corrected chi connectivity index (χ2v) is 3.17. The molecular weight excluding hydrogens is 140 g/mol. The van der Waals surface area contributed by atoms with E-state index in [1.165, 1.54) is 0 Å². The van der Waals surface area contributed by atoms with Gasteiger partial charge in [0.1, 0.15) is 0 Å². The molecule has 0 spiro atoms. The molecule has 64 valence electrons. The molecule has 1 rings (SSSR count). The van der Waals surface area contributed by atoms with Crippen molar-refractivity contribution in [3.05, 3.63) is 0 Å². The van der Waals surface area contributed by atoms with Gasteiger partial charge in [0.25, 0.3) is 0 Å². The molecule has 0 aromatic carbocycles. The minimum atomic E-state index is 0.0745. The molecule has 0 radical (unpaired) electrons. The summed E-state index contributed by atoms with van der Waals surface area (Å²) in [6, 6.07) is 0.743. The van der Waals surface area contributed by atoms with Crippen molar-refractivity contribution in [2.24, 2.45) is 11.5 Å². The molecule has 4 heteroatoms. The second kappa shape index (κ2) is 3.57. The molecule has 0 unspecified atom stereocenters. The maximum atomic E-state index is 7.02. The molecule has 1 saturated carbocycles. The van der Waals surface area contributed by atoms with Crippen LogP contribution in [0.4, 0.5) is 0 Å². The van der Waals surface area contributed by atoms with Crippen molar-refractivity contribution in [3.8, 4) is 0 Å². The number of hydrogen-bond donors (Lipinski definition) is 4. The van der Waals surface area contributed by atoms with Gasteiger partial charge >= 0.3 is 0 Å². The van der Waals surface area contributed by atoms with Crippen LogP contribution in [-0.4, -0.2) is 18.0 Å². The molecule has 0 aromatic heterocycles. The molecule has 11 heavy (non-hydrogen) atoms. The Kier molecular flexibility index (Phi) is 2.70. The number of nitrogens with two attached hydrogens (primary N) is 2. The summed E-state index contributed by atoms with van der Waals surface area (Å²) in [4.78, 5) is 0. The van der Waals surface area contributed by atoms with Gasteiger partial charge in [0.05, 0.1) is 0 Å². The second-order valence-electron chi connectivity index (χ2n) is 3.17. The summed E-state index contributed by atoms with van der Waals surface area (Å²) >= 11 is 0. The van der Waals surface area contributed by atoms with E-state index in [2.05, 4.69) is 5.32 Å². The molecule has 6 N–H and O–H groups in total. The summed E-state index contributed by atoms with van der Waals surface area (Å²) in [5.41, 5.74) is 10.9. The van der Waals surface area contributed by atoms with E-state index in [0.717, 1.165) is 25.7 Å². The van der Waals surface area contributed by atoms with E-state index in [1.54, 1.807) is 0 Å². The van der Waals surface area contributed by atoms with Crippen LogP contribution in [0.5, 0.6) is 0 Å². The van der Waals surface area contributed by atoms with Crippen molar-refractivity contribution in [2.75, 3.05) is 0 Å². The first-order chi connectivity index (χ1) is 5.18. The fourth-order valence-electron chi connectivity index (χ4n) is 1.48. The van der Waals surface area contributed by atoms with Gasteiger partial charge in [-0.25, -0.2) is 0 Å². The molecule has 1 aliphatic carbocycles. The zero-order valence-corrected chi connectivity index (χ0v) is 6.64. The average Bonchev–Trinajstić information content (AvgIpc) is 1.93. The topological polar surface area (TPSA) is 87.9 Å². The molecule has 0 aromatic rings. The van der Waals surface area contributed by atoms with Crippen molar-refractivity contribution in [2.45, 2.75) is 37.8 Å². The van der Waals surface area contributed by atoms with Crippen molar-refractivity contribution in [1.29, 1.82) is 5.41 Å². The minimum Gasteiger partial charge on any atom is -0.370 e. The van der Waals surface area contributed by atoms with Crippen LogP contribution in [0.1, 0.15) is 25.7 Å². The highest BCUT2D eigenvalue weighted by molar-refractivity contribution is 5.74. The quantitative estimate of drug-likeness (QED) is 0.311. The molecule has 0 saturated heterocycles. The third-order valence-corrected chi connectivity index (χ3v) is 2.13. The highest BCUT2D eigenvalue weighted by Gasteiger charge is 2.17. The zero-order valence-electron chi connectivity index (χ0n) is 6.64. The highest BCUT2D eigenvalue weighted by Crippen LogP contribution is 2.16. The molecule has 0 aliphatic heterocycles. The van der Waals surface area contributed by atoms with Gasteiger partial charge in [0.2, 0.25) is 0 Å². The Balaban J connectivity index is 2.22. The summed E-state index contributed by atoms with van der Waals surface area (Å²) in [5.74, 6) is 0.0745. The van der Waals surface area contributed by atoms with Crippen LogP contribution in [0.3, 0.4) is 0 Å². The summed E-state index contributed by atoms with van der Waals surface area (Å²) in [7, 11) is 0. The van der Waals surface area contributed by atoms with E-state index in [1.807, 2.05) is 0 Å².